The first-order valence-corrected chi connectivity index (χ1v) is 8.07. The van der Waals surface area contributed by atoms with Gasteiger partial charge >= 0.3 is 0 Å². The first-order chi connectivity index (χ1) is 10.2. The number of hydrogen-bond acceptors (Lipinski definition) is 5. The highest BCUT2D eigenvalue weighted by molar-refractivity contribution is 7.09. The molecule has 3 heterocycles. The molecule has 120 valence electrons. The standard InChI is InChI=1S/C14H19N5OS.ClH/c1-10-12(5-2-6-15-10)16-14(20)13-9-19(18-17-13)8-11-4-3-7-21-11;/h3-4,7,9-10,12,15H,2,5-6,8H2,1H3,(H,16,20);1H. The topological polar surface area (TPSA) is 71.8 Å². The largest absolute Gasteiger partial charge is 0.346 e. The van der Waals surface area contributed by atoms with Gasteiger partial charge < -0.3 is 10.6 Å². The second-order valence-corrected chi connectivity index (χ2v) is 6.38. The summed E-state index contributed by atoms with van der Waals surface area (Å²) in [6, 6.07) is 4.50. The molecule has 2 N–H and O–H groups in total. The van der Waals surface area contributed by atoms with Crippen LogP contribution in [0.4, 0.5) is 0 Å². The van der Waals surface area contributed by atoms with E-state index in [1.54, 1.807) is 22.2 Å². The summed E-state index contributed by atoms with van der Waals surface area (Å²) in [5, 5.41) is 16.4. The Morgan fingerprint density at radius 3 is 3.18 bits per heavy atom. The molecule has 22 heavy (non-hydrogen) atoms. The minimum atomic E-state index is -0.145. The van der Waals surface area contributed by atoms with E-state index in [9.17, 15) is 4.79 Å². The van der Waals surface area contributed by atoms with Crippen molar-refractivity contribution in [1.29, 1.82) is 0 Å². The zero-order valence-electron chi connectivity index (χ0n) is 12.4. The van der Waals surface area contributed by atoms with Crippen molar-refractivity contribution in [2.45, 2.75) is 38.4 Å². The van der Waals surface area contributed by atoms with Gasteiger partial charge in [0.25, 0.3) is 5.91 Å². The maximum Gasteiger partial charge on any atom is 0.273 e. The fourth-order valence-corrected chi connectivity index (χ4v) is 3.22. The number of rotatable bonds is 4. The summed E-state index contributed by atoms with van der Waals surface area (Å²) in [5.41, 5.74) is 0.379. The molecule has 0 radical (unpaired) electrons. The summed E-state index contributed by atoms with van der Waals surface area (Å²) >= 11 is 1.67. The normalized spacial score (nSPS) is 21.1. The van der Waals surface area contributed by atoms with E-state index in [0.717, 1.165) is 19.4 Å². The predicted molar refractivity (Wildman–Crippen MR) is 88.6 cm³/mol. The van der Waals surface area contributed by atoms with Crippen LogP contribution in [0.5, 0.6) is 0 Å². The Morgan fingerprint density at radius 2 is 2.45 bits per heavy atom. The minimum absolute atomic E-state index is 0. The minimum Gasteiger partial charge on any atom is -0.346 e. The van der Waals surface area contributed by atoms with Crippen LogP contribution in [-0.4, -0.2) is 39.5 Å². The van der Waals surface area contributed by atoms with E-state index < -0.39 is 0 Å². The van der Waals surface area contributed by atoms with Crippen molar-refractivity contribution in [3.05, 3.63) is 34.3 Å². The van der Waals surface area contributed by atoms with Gasteiger partial charge in [-0.2, -0.15) is 0 Å². The fourth-order valence-electron chi connectivity index (χ4n) is 2.53. The van der Waals surface area contributed by atoms with E-state index >= 15 is 0 Å². The third kappa shape index (κ3) is 4.06. The van der Waals surface area contributed by atoms with Crippen molar-refractivity contribution >= 4 is 29.7 Å². The SMILES string of the molecule is CC1NCCCC1NC(=O)c1cn(Cc2cccs2)nn1.Cl. The van der Waals surface area contributed by atoms with Crippen molar-refractivity contribution in [2.24, 2.45) is 0 Å². The number of aromatic nitrogens is 3. The lowest BCUT2D eigenvalue weighted by atomic mass is 10.00. The molecule has 0 spiro atoms. The van der Waals surface area contributed by atoms with Crippen molar-refractivity contribution in [3.8, 4) is 0 Å². The molecular weight excluding hydrogens is 322 g/mol. The Labute approximate surface area is 139 Å². The lowest BCUT2D eigenvalue weighted by molar-refractivity contribution is 0.0914. The van der Waals surface area contributed by atoms with Crippen molar-refractivity contribution in [3.63, 3.8) is 0 Å². The number of hydrogen-bond donors (Lipinski definition) is 2. The number of halogens is 1. The summed E-state index contributed by atoms with van der Waals surface area (Å²) in [7, 11) is 0. The first-order valence-electron chi connectivity index (χ1n) is 7.19. The molecule has 6 nitrogen and oxygen atoms in total. The van der Waals surface area contributed by atoms with Gasteiger partial charge in [0.2, 0.25) is 0 Å². The van der Waals surface area contributed by atoms with Crippen LogP contribution < -0.4 is 10.6 Å². The Balaban J connectivity index is 0.00000176. The van der Waals surface area contributed by atoms with Crippen LogP contribution >= 0.6 is 23.7 Å². The van der Waals surface area contributed by atoms with Crippen molar-refractivity contribution in [2.75, 3.05) is 6.54 Å². The van der Waals surface area contributed by atoms with E-state index in [1.165, 1.54) is 4.88 Å². The van der Waals surface area contributed by atoms with Crippen LogP contribution in [-0.2, 0) is 6.54 Å². The zero-order valence-corrected chi connectivity index (χ0v) is 14.0. The van der Waals surface area contributed by atoms with E-state index in [4.69, 9.17) is 0 Å². The summed E-state index contributed by atoms with van der Waals surface area (Å²) in [6.45, 7) is 3.77. The molecule has 8 heteroatoms. The number of nitrogens with zero attached hydrogens (tertiary/aromatic N) is 3. The van der Waals surface area contributed by atoms with Gasteiger partial charge in [0, 0.05) is 17.0 Å². The quantitative estimate of drug-likeness (QED) is 0.887. The van der Waals surface area contributed by atoms with Crippen LogP contribution in [0.2, 0.25) is 0 Å². The van der Waals surface area contributed by atoms with Gasteiger partial charge in [0.05, 0.1) is 12.7 Å². The molecule has 0 bridgehead atoms. The molecule has 1 aliphatic rings. The number of carbonyl (C=O) groups excluding carboxylic acids is 1. The number of thiophene rings is 1. The summed E-state index contributed by atoms with van der Waals surface area (Å²) in [6.07, 6.45) is 3.79. The second kappa shape index (κ2) is 7.71. The highest BCUT2D eigenvalue weighted by Crippen LogP contribution is 2.11. The average Bonchev–Trinajstić information content (AvgIpc) is 3.13. The number of piperidine rings is 1. The van der Waals surface area contributed by atoms with Crippen molar-refractivity contribution in [1.82, 2.24) is 25.6 Å². The third-order valence-corrected chi connectivity index (χ3v) is 4.61. The highest BCUT2D eigenvalue weighted by Gasteiger charge is 2.23. The Kier molecular flexibility index (Phi) is 5.93. The van der Waals surface area contributed by atoms with Gasteiger partial charge in [0.1, 0.15) is 0 Å². The monoisotopic (exact) mass is 341 g/mol. The highest BCUT2D eigenvalue weighted by atomic mass is 35.5. The Hall–Kier alpha value is -1.44. The molecule has 2 aromatic heterocycles. The van der Waals surface area contributed by atoms with Gasteiger partial charge in [-0.15, -0.1) is 28.8 Å². The summed E-state index contributed by atoms with van der Waals surface area (Å²) < 4.78 is 1.70. The van der Waals surface area contributed by atoms with Crippen LogP contribution in [0, 0.1) is 0 Å². The maximum atomic E-state index is 12.2. The lowest BCUT2D eigenvalue weighted by Gasteiger charge is -2.30. The molecular formula is C14H20ClN5OS. The van der Waals surface area contributed by atoms with Crippen molar-refractivity contribution < 1.29 is 4.79 Å². The first kappa shape index (κ1) is 16.9. The maximum absolute atomic E-state index is 12.2. The molecule has 2 unspecified atom stereocenters. The van der Waals surface area contributed by atoms with Gasteiger partial charge in [-0.25, -0.2) is 4.68 Å². The molecule has 0 saturated carbocycles. The zero-order chi connectivity index (χ0) is 14.7. The predicted octanol–water partition coefficient (Wildman–Crippen LogP) is 1.68. The van der Waals surface area contributed by atoms with Crippen LogP contribution in [0.15, 0.2) is 23.7 Å². The van der Waals surface area contributed by atoms with Crippen LogP contribution in [0.3, 0.4) is 0 Å². The van der Waals surface area contributed by atoms with Crippen LogP contribution in [0.1, 0.15) is 35.1 Å². The van der Waals surface area contributed by atoms with E-state index in [-0.39, 0.29) is 24.4 Å². The molecule has 1 fully saturated rings. The lowest BCUT2D eigenvalue weighted by Crippen LogP contribution is -2.51. The Bertz CT molecular complexity index is 600. The molecule has 2 aromatic rings. The van der Waals surface area contributed by atoms with Gasteiger partial charge in [-0.1, -0.05) is 11.3 Å². The fraction of sp³-hybridized carbons (Fsp3) is 0.500. The molecule has 0 aromatic carbocycles. The summed E-state index contributed by atoms with van der Waals surface area (Å²) in [4.78, 5) is 13.4. The van der Waals surface area contributed by atoms with E-state index in [0.29, 0.717) is 18.3 Å². The van der Waals surface area contributed by atoms with Gasteiger partial charge in [0.15, 0.2) is 5.69 Å². The number of nitrogens with one attached hydrogen (secondary N) is 2. The molecule has 1 saturated heterocycles. The average molecular weight is 342 g/mol. The van der Waals surface area contributed by atoms with Gasteiger partial charge in [-0.05, 0) is 37.8 Å². The second-order valence-electron chi connectivity index (χ2n) is 5.35. The molecule has 2 atom stereocenters. The third-order valence-electron chi connectivity index (χ3n) is 3.75. The smallest absolute Gasteiger partial charge is 0.273 e. The van der Waals surface area contributed by atoms with E-state index in [1.807, 2.05) is 17.5 Å². The summed E-state index contributed by atoms with van der Waals surface area (Å²) in [5.74, 6) is -0.145. The molecule has 1 amide bonds. The molecule has 3 rings (SSSR count). The Morgan fingerprint density at radius 1 is 1.59 bits per heavy atom. The van der Waals surface area contributed by atoms with Gasteiger partial charge in [-0.3, -0.25) is 4.79 Å². The number of carbonyl (C=O) groups is 1. The molecule has 0 aliphatic carbocycles. The van der Waals surface area contributed by atoms with E-state index in [2.05, 4.69) is 27.9 Å². The number of amides is 1. The van der Waals surface area contributed by atoms with Crippen LogP contribution in [0.25, 0.3) is 0 Å². The molecule has 1 aliphatic heterocycles.